The van der Waals surface area contributed by atoms with Gasteiger partial charge in [0.15, 0.2) is 0 Å². The molecule has 4 nitrogen and oxygen atoms in total. The first-order valence-electron chi connectivity index (χ1n) is 5.88. The van der Waals surface area contributed by atoms with Crippen LogP contribution in [0.4, 0.5) is 4.79 Å². The number of hydrogen-bond acceptors (Lipinski definition) is 2. The number of carboxylic acid groups (broad SMARTS) is 1. The van der Waals surface area contributed by atoms with E-state index in [1.165, 1.54) is 4.90 Å². The van der Waals surface area contributed by atoms with E-state index in [9.17, 15) is 4.79 Å². The lowest BCUT2D eigenvalue weighted by Gasteiger charge is -2.31. The molecule has 2 rings (SSSR count). The molecule has 1 aromatic carbocycles. The molecule has 1 aliphatic rings. The summed E-state index contributed by atoms with van der Waals surface area (Å²) in [5.41, 5.74) is 2.05. The van der Waals surface area contributed by atoms with E-state index in [0.29, 0.717) is 13.1 Å². The van der Waals surface area contributed by atoms with E-state index in [0.717, 1.165) is 24.0 Å². The zero-order valence-electron chi connectivity index (χ0n) is 9.67. The van der Waals surface area contributed by atoms with Crippen molar-refractivity contribution in [3.05, 3.63) is 35.4 Å². The van der Waals surface area contributed by atoms with Crippen LogP contribution in [0, 0.1) is 0 Å². The highest BCUT2D eigenvalue weighted by atomic mass is 16.4. The molecule has 0 bridgehead atoms. The Kier molecular flexibility index (Phi) is 3.64. The van der Waals surface area contributed by atoms with Gasteiger partial charge in [-0.25, -0.2) is 4.79 Å². The molecule has 1 heterocycles. The lowest BCUT2D eigenvalue weighted by Crippen LogP contribution is -2.38. The molecule has 1 saturated heterocycles. The Morgan fingerprint density at radius 2 is 2.06 bits per heavy atom. The normalized spacial score (nSPS) is 20.3. The fourth-order valence-electron chi connectivity index (χ4n) is 2.32. The maximum atomic E-state index is 10.9. The summed E-state index contributed by atoms with van der Waals surface area (Å²) in [5, 5.41) is 17.9. The second kappa shape index (κ2) is 5.19. The molecule has 1 fully saturated rings. The quantitative estimate of drug-likeness (QED) is 0.824. The van der Waals surface area contributed by atoms with Crippen LogP contribution in [-0.2, 0) is 6.61 Å². The summed E-state index contributed by atoms with van der Waals surface area (Å²) >= 11 is 0. The number of benzene rings is 1. The molecule has 0 aromatic heterocycles. The smallest absolute Gasteiger partial charge is 0.407 e. The maximum Gasteiger partial charge on any atom is 0.407 e. The molecule has 1 unspecified atom stereocenters. The predicted molar refractivity (Wildman–Crippen MR) is 63.9 cm³/mol. The molecule has 1 aliphatic heterocycles. The Hall–Kier alpha value is -1.55. The Labute approximate surface area is 100 Å². The summed E-state index contributed by atoms with van der Waals surface area (Å²) < 4.78 is 0. The monoisotopic (exact) mass is 235 g/mol. The van der Waals surface area contributed by atoms with Crippen LogP contribution in [0.2, 0.25) is 0 Å². The van der Waals surface area contributed by atoms with Crippen LogP contribution in [0.25, 0.3) is 0 Å². The first-order valence-corrected chi connectivity index (χ1v) is 5.88. The van der Waals surface area contributed by atoms with Gasteiger partial charge in [0, 0.05) is 19.0 Å². The van der Waals surface area contributed by atoms with Crippen LogP contribution in [-0.4, -0.2) is 34.3 Å². The summed E-state index contributed by atoms with van der Waals surface area (Å²) in [6.45, 7) is 1.26. The molecule has 17 heavy (non-hydrogen) atoms. The molecule has 0 aliphatic carbocycles. The first-order chi connectivity index (χ1) is 8.20. The molecule has 0 radical (unpaired) electrons. The van der Waals surface area contributed by atoms with E-state index in [2.05, 4.69) is 0 Å². The van der Waals surface area contributed by atoms with Crippen molar-refractivity contribution in [1.29, 1.82) is 0 Å². The fourth-order valence-corrected chi connectivity index (χ4v) is 2.32. The number of nitrogens with zero attached hydrogens (tertiary/aromatic N) is 1. The van der Waals surface area contributed by atoms with Crippen LogP contribution < -0.4 is 0 Å². The highest BCUT2D eigenvalue weighted by Crippen LogP contribution is 2.27. The van der Waals surface area contributed by atoms with Gasteiger partial charge >= 0.3 is 6.09 Å². The standard InChI is InChI=1S/C13H17NO3/c15-9-10-3-5-11(6-4-10)12-2-1-7-14(8-12)13(16)17/h3-6,12,15H,1-2,7-9H2,(H,16,17). The molecule has 0 saturated carbocycles. The number of aliphatic hydroxyl groups excluding tert-OH is 1. The summed E-state index contributed by atoms with van der Waals surface area (Å²) in [6.07, 6.45) is 1.11. The Morgan fingerprint density at radius 1 is 1.35 bits per heavy atom. The van der Waals surface area contributed by atoms with Gasteiger partial charge in [-0.1, -0.05) is 24.3 Å². The number of aliphatic hydroxyl groups is 1. The maximum absolute atomic E-state index is 10.9. The van der Waals surface area contributed by atoms with E-state index in [1.54, 1.807) is 0 Å². The van der Waals surface area contributed by atoms with Gasteiger partial charge in [-0.3, -0.25) is 0 Å². The molecule has 1 atom stereocenters. The number of carbonyl (C=O) groups is 1. The van der Waals surface area contributed by atoms with Crippen LogP contribution in [0.1, 0.15) is 29.9 Å². The SMILES string of the molecule is O=C(O)N1CCCC(c2ccc(CO)cc2)C1. The van der Waals surface area contributed by atoms with Gasteiger partial charge in [0.25, 0.3) is 0 Å². The van der Waals surface area contributed by atoms with E-state index in [-0.39, 0.29) is 12.5 Å². The van der Waals surface area contributed by atoms with Crippen LogP contribution in [0.5, 0.6) is 0 Å². The molecule has 2 N–H and O–H groups in total. The van der Waals surface area contributed by atoms with Crippen molar-refractivity contribution < 1.29 is 15.0 Å². The molecule has 0 spiro atoms. The predicted octanol–water partition coefficient (Wildman–Crippen LogP) is 2.04. The minimum Gasteiger partial charge on any atom is -0.465 e. The number of likely N-dealkylation sites (tertiary alicyclic amines) is 1. The molecular formula is C13H17NO3. The van der Waals surface area contributed by atoms with Crippen molar-refractivity contribution in [3.63, 3.8) is 0 Å². The fraction of sp³-hybridized carbons (Fsp3) is 0.462. The Morgan fingerprint density at radius 3 is 2.65 bits per heavy atom. The average molecular weight is 235 g/mol. The van der Waals surface area contributed by atoms with Gasteiger partial charge in [0.1, 0.15) is 0 Å². The minimum atomic E-state index is -0.832. The van der Waals surface area contributed by atoms with Crippen molar-refractivity contribution in [2.45, 2.75) is 25.4 Å². The van der Waals surface area contributed by atoms with Gasteiger partial charge in [0.05, 0.1) is 6.61 Å². The van der Waals surface area contributed by atoms with Crippen LogP contribution in [0.3, 0.4) is 0 Å². The largest absolute Gasteiger partial charge is 0.465 e. The van der Waals surface area contributed by atoms with Crippen molar-refractivity contribution in [3.8, 4) is 0 Å². The lowest BCUT2D eigenvalue weighted by molar-refractivity contribution is 0.130. The zero-order chi connectivity index (χ0) is 12.3. The third kappa shape index (κ3) is 2.77. The van der Waals surface area contributed by atoms with Gasteiger partial charge < -0.3 is 15.1 Å². The van der Waals surface area contributed by atoms with E-state index in [1.807, 2.05) is 24.3 Å². The third-order valence-corrected chi connectivity index (χ3v) is 3.33. The van der Waals surface area contributed by atoms with Crippen LogP contribution in [0.15, 0.2) is 24.3 Å². The van der Waals surface area contributed by atoms with Crippen molar-refractivity contribution in [2.75, 3.05) is 13.1 Å². The van der Waals surface area contributed by atoms with Crippen LogP contribution >= 0.6 is 0 Å². The Bertz CT molecular complexity index is 388. The zero-order valence-corrected chi connectivity index (χ0v) is 9.67. The van der Waals surface area contributed by atoms with Gasteiger partial charge in [0.2, 0.25) is 0 Å². The lowest BCUT2D eigenvalue weighted by atomic mass is 9.90. The second-order valence-electron chi connectivity index (χ2n) is 4.47. The average Bonchev–Trinajstić information content (AvgIpc) is 2.39. The van der Waals surface area contributed by atoms with E-state index >= 15 is 0 Å². The minimum absolute atomic E-state index is 0.0478. The molecule has 4 heteroatoms. The van der Waals surface area contributed by atoms with Gasteiger partial charge in [-0.05, 0) is 24.0 Å². The number of hydrogen-bond donors (Lipinski definition) is 2. The molecule has 92 valence electrons. The van der Waals surface area contributed by atoms with Gasteiger partial charge in [-0.2, -0.15) is 0 Å². The molecule has 1 aromatic rings. The van der Waals surface area contributed by atoms with Gasteiger partial charge in [-0.15, -0.1) is 0 Å². The van der Waals surface area contributed by atoms with Crippen molar-refractivity contribution >= 4 is 6.09 Å². The Balaban J connectivity index is 2.08. The summed E-state index contributed by atoms with van der Waals surface area (Å²) in [7, 11) is 0. The summed E-state index contributed by atoms with van der Waals surface area (Å²) in [4.78, 5) is 12.4. The number of rotatable bonds is 2. The highest BCUT2D eigenvalue weighted by Gasteiger charge is 2.24. The summed E-state index contributed by atoms with van der Waals surface area (Å²) in [5.74, 6) is 0.285. The van der Waals surface area contributed by atoms with Crippen molar-refractivity contribution in [2.24, 2.45) is 0 Å². The highest BCUT2D eigenvalue weighted by molar-refractivity contribution is 5.65. The topological polar surface area (TPSA) is 60.8 Å². The third-order valence-electron chi connectivity index (χ3n) is 3.33. The summed E-state index contributed by atoms with van der Waals surface area (Å²) in [6, 6.07) is 7.77. The van der Waals surface area contributed by atoms with E-state index < -0.39 is 6.09 Å². The van der Waals surface area contributed by atoms with Crippen molar-refractivity contribution in [1.82, 2.24) is 4.90 Å². The first kappa shape index (κ1) is 11.9. The molecule has 1 amide bonds. The molecular weight excluding hydrogens is 218 g/mol. The number of piperidine rings is 1. The number of amides is 1. The van der Waals surface area contributed by atoms with E-state index in [4.69, 9.17) is 10.2 Å². The second-order valence-corrected chi connectivity index (χ2v) is 4.47.